The summed E-state index contributed by atoms with van der Waals surface area (Å²) in [6, 6.07) is 3.49. The van der Waals surface area contributed by atoms with Crippen LogP contribution >= 0.6 is 0 Å². The van der Waals surface area contributed by atoms with Crippen LogP contribution in [0.4, 0.5) is 0 Å². The number of pyridine rings is 1. The quantitative estimate of drug-likeness (QED) is 0.756. The van der Waals surface area contributed by atoms with Crippen LogP contribution in [0.1, 0.15) is 5.69 Å². The van der Waals surface area contributed by atoms with Gasteiger partial charge in [-0.3, -0.25) is 4.98 Å². The molecule has 1 aliphatic rings. The molecular weight excluding hydrogens is 204 g/mol. The molecule has 2 rings (SSSR count). The fourth-order valence-electron chi connectivity index (χ4n) is 1.68. The maximum Gasteiger partial charge on any atom is 0.133 e. The number of aromatic hydroxyl groups is 1. The second-order valence-corrected chi connectivity index (χ2v) is 4.13. The van der Waals surface area contributed by atoms with Crippen LogP contribution in [0.2, 0.25) is 0 Å². The lowest BCUT2D eigenvalue weighted by Gasteiger charge is -2.32. The zero-order chi connectivity index (χ0) is 11.4. The fraction of sp³-hybridized carbons (Fsp3) is 0.545. The molecule has 0 aromatic carbocycles. The highest BCUT2D eigenvalue weighted by Gasteiger charge is 2.12. The lowest BCUT2D eigenvalue weighted by atomic mass is 10.3. The van der Waals surface area contributed by atoms with Crippen LogP contribution in [0.5, 0.6) is 5.75 Å². The van der Waals surface area contributed by atoms with E-state index in [-0.39, 0.29) is 5.75 Å². The van der Waals surface area contributed by atoms with Crippen LogP contribution < -0.4 is 5.43 Å². The minimum Gasteiger partial charge on any atom is -0.506 e. The molecule has 0 bridgehead atoms. The molecule has 1 saturated heterocycles. The van der Waals surface area contributed by atoms with Gasteiger partial charge in [0.05, 0.1) is 18.4 Å². The number of nitrogens with zero attached hydrogens (tertiary/aromatic N) is 3. The first-order valence-electron chi connectivity index (χ1n) is 5.55. The molecule has 16 heavy (non-hydrogen) atoms. The van der Waals surface area contributed by atoms with Crippen molar-refractivity contribution < 1.29 is 5.11 Å². The van der Waals surface area contributed by atoms with Crippen LogP contribution in [0.3, 0.4) is 0 Å². The summed E-state index contributed by atoms with van der Waals surface area (Å²) in [4.78, 5) is 6.44. The van der Waals surface area contributed by atoms with E-state index in [2.05, 4.69) is 27.4 Å². The molecule has 5 heteroatoms. The predicted molar refractivity (Wildman–Crippen MR) is 61.8 cm³/mol. The van der Waals surface area contributed by atoms with Crippen LogP contribution in [0.15, 0.2) is 18.3 Å². The zero-order valence-electron chi connectivity index (χ0n) is 9.56. The van der Waals surface area contributed by atoms with Gasteiger partial charge in [0.2, 0.25) is 0 Å². The van der Waals surface area contributed by atoms with Gasteiger partial charge in [0, 0.05) is 26.2 Å². The first-order valence-corrected chi connectivity index (χ1v) is 5.55. The van der Waals surface area contributed by atoms with E-state index in [0.717, 1.165) is 31.9 Å². The number of aromatic nitrogens is 1. The molecule has 0 atom stereocenters. The van der Waals surface area contributed by atoms with Crippen molar-refractivity contribution in [3.8, 4) is 5.75 Å². The summed E-state index contributed by atoms with van der Waals surface area (Å²) in [5.74, 6) is 0.211. The SMILES string of the molecule is CN1CCN(NCc2ccc(O)cn2)CC1. The van der Waals surface area contributed by atoms with Crippen LogP contribution in [0.25, 0.3) is 0 Å². The minimum absolute atomic E-state index is 0.211. The van der Waals surface area contributed by atoms with Crippen LogP contribution in [-0.2, 0) is 6.54 Å². The van der Waals surface area contributed by atoms with Crippen molar-refractivity contribution in [2.45, 2.75) is 6.54 Å². The average molecular weight is 222 g/mol. The summed E-state index contributed by atoms with van der Waals surface area (Å²) in [6.07, 6.45) is 1.47. The topological polar surface area (TPSA) is 51.6 Å². The Hall–Kier alpha value is -1.17. The molecule has 2 heterocycles. The third-order valence-corrected chi connectivity index (χ3v) is 2.80. The highest BCUT2D eigenvalue weighted by Crippen LogP contribution is 2.05. The third kappa shape index (κ3) is 3.16. The molecule has 1 aromatic heterocycles. The Kier molecular flexibility index (Phi) is 3.71. The maximum absolute atomic E-state index is 9.10. The summed E-state index contributed by atoms with van der Waals surface area (Å²) in [7, 11) is 2.14. The Morgan fingerprint density at radius 1 is 1.31 bits per heavy atom. The minimum atomic E-state index is 0.211. The van der Waals surface area contributed by atoms with E-state index in [1.54, 1.807) is 6.07 Å². The molecule has 5 nitrogen and oxygen atoms in total. The van der Waals surface area contributed by atoms with Crippen molar-refractivity contribution in [1.82, 2.24) is 20.3 Å². The Labute approximate surface area is 95.7 Å². The van der Waals surface area contributed by atoms with Crippen LogP contribution in [0, 0.1) is 0 Å². The van der Waals surface area contributed by atoms with E-state index in [1.165, 1.54) is 6.20 Å². The third-order valence-electron chi connectivity index (χ3n) is 2.80. The van der Waals surface area contributed by atoms with Gasteiger partial charge in [-0.1, -0.05) is 0 Å². The van der Waals surface area contributed by atoms with Gasteiger partial charge in [-0.15, -0.1) is 0 Å². The molecule has 1 aliphatic heterocycles. The van der Waals surface area contributed by atoms with Crippen LogP contribution in [-0.4, -0.2) is 53.2 Å². The van der Waals surface area contributed by atoms with E-state index < -0.39 is 0 Å². The first kappa shape index (κ1) is 11.3. The van der Waals surface area contributed by atoms with E-state index in [1.807, 2.05) is 6.07 Å². The largest absolute Gasteiger partial charge is 0.506 e. The van der Waals surface area contributed by atoms with E-state index in [9.17, 15) is 0 Å². The first-order chi connectivity index (χ1) is 7.74. The van der Waals surface area contributed by atoms with Crippen molar-refractivity contribution in [2.75, 3.05) is 33.2 Å². The summed E-state index contributed by atoms with van der Waals surface area (Å²) in [5.41, 5.74) is 4.28. The summed E-state index contributed by atoms with van der Waals surface area (Å²) in [5, 5.41) is 11.3. The molecule has 0 saturated carbocycles. The zero-order valence-corrected chi connectivity index (χ0v) is 9.56. The molecule has 0 spiro atoms. The average Bonchev–Trinajstić information content (AvgIpc) is 2.30. The number of nitrogens with one attached hydrogen (secondary N) is 1. The summed E-state index contributed by atoms with van der Waals surface area (Å²) in [6.45, 7) is 4.97. The fourth-order valence-corrected chi connectivity index (χ4v) is 1.68. The van der Waals surface area contributed by atoms with E-state index in [0.29, 0.717) is 6.54 Å². The van der Waals surface area contributed by atoms with E-state index in [4.69, 9.17) is 5.11 Å². The number of rotatable bonds is 3. The van der Waals surface area contributed by atoms with Gasteiger partial charge in [0.1, 0.15) is 5.75 Å². The number of likely N-dealkylation sites (N-methyl/N-ethyl adjacent to an activating group) is 1. The predicted octanol–water partition coefficient (Wildman–Crippen LogP) is 0.0392. The summed E-state index contributed by atoms with van der Waals surface area (Å²) >= 11 is 0. The van der Waals surface area contributed by atoms with Gasteiger partial charge >= 0.3 is 0 Å². The molecule has 0 unspecified atom stereocenters. The monoisotopic (exact) mass is 222 g/mol. The maximum atomic E-state index is 9.10. The van der Waals surface area contributed by atoms with Gasteiger partial charge in [-0.2, -0.15) is 0 Å². The van der Waals surface area contributed by atoms with Crippen molar-refractivity contribution in [3.63, 3.8) is 0 Å². The number of hydrazine groups is 1. The number of piperazine rings is 1. The van der Waals surface area contributed by atoms with Gasteiger partial charge in [-0.25, -0.2) is 10.4 Å². The molecule has 0 radical (unpaired) electrons. The molecule has 1 fully saturated rings. The van der Waals surface area contributed by atoms with Gasteiger partial charge < -0.3 is 10.0 Å². The van der Waals surface area contributed by atoms with Crippen molar-refractivity contribution in [2.24, 2.45) is 0 Å². The smallest absolute Gasteiger partial charge is 0.133 e. The molecule has 0 aliphatic carbocycles. The number of hydrogen-bond acceptors (Lipinski definition) is 5. The van der Waals surface area contributed by atoms with Crippen molar-refractivity contribution >= 4 is 0 Å². The standard InChI is InChI=1S/C11H18N4O/c1-14-4-6-15(7-5-14)13-8-10-2-3-11(16)9-12-10/h2-3,9,13,16H,4-8H2,1H3. The Morgan fingerprint density at radius 3 is 2.69 bits per heavy atom. The normalized spacial score (nSPS) is 18.8. The molecule has 0 amide bonds. The van der Waals surface area contributed by atoms with E-state index >= 15 is 0 Å². The highest BCUT2D eigenvalue weighted by molar-refractivity contribution is 5.17. The Bertz CT molecular complexity index is 319. The molecule has 88 valence electrons. The Balaban J connectivity index is 1.77. The van der Waals surface area contributed by atoms with Gasteiger partial charge in [-0.05, 0) is 19.2 Å². The second kappa shape index (κ2) is 5.25. The van der Waals surface area contributed by atoms with Gasteiger partial charge in [0.15, 0.2) is 0 Å². The molecule has 1 aromatic rings. The Morgan fingerprint density at radius 2 is 2.06 bits per heavy atom. The molecular formula is C11H18N4O. The highest BCUT2D eigenvalue weighted by atomic mass is 16.3. The second-order valence-electron chi connectivity index (χ2n) is 4.13. The lowest BCUT2D eigenvalue weighted by Crippen LogP contribution is -2.50. The molecule has 2 N–H and O–H groups in total. The lowest BCUT2D eigenvalue weighted by molar-refractivity contribution is 0.101. The van der Waals surface area contributed by atoms with Crippen molar-refractivity contribution in [1.29, 1.82) is 0 Å². The van der Waals surface area contributed by atoms with Crippen molar-refractivity contribution in [3.05, 3.63) is 24.0 Å². The number of hydrogen-bond donors (Lipinski definition) is 2. The summed E-state index contributed by atoms with van der Waals surface area (Å²) < 4.78 is 0. The van der Waals surface area contributed by atoms with Gasteiger partial charge in [0.25, 0.3) is 0 Å².